The van der Waals surface area contributed by atoms with Crippen LogP contribution < -0.4 is 5.32 Å². The highest BCUT2D eigenvalue weighted by Crippen LogP contribution is 2.26. The van der Waals surface area contributed by atoms with Crippen LogP contribution in [0.2, 0.25) is 0 Å². The molecule has 70 valence electrons. The minimum Gasteiger partial charge on any atom is -0.356 e. The van der Waals surface area contributed by atoms with Crippen LogP contribution in [0.5, 0.6) is 0 Å². The highest BCUT2D eigenvalue weighted by atomic mass is 79.9. The van der Waals surface area contributed by atoms with Gasteiger partial charge in [0.2, 0.25) is 5.91 Å². The maximum atomic E-state index is 11.3. The molecule has 1 N–H and O–H groups in total. The lowest BCUT2D eigenvalue weighted by Gasteiger charge is -2.02. The van der Waals surface area contributed by atoms with Crippen LogP contribution >= 0.6 is 27.3 Å². The SMILES string of the molecule is O=C1NCCC1Cc1ccc(Br)s1. The van der Waals surface area contributed by atoms with Crippen molar-refractivity contribution in [1.82, 2.24) is 5.32 Å². The molecule has 4 heteroatoms. The molecule has 0 aliphatic carbocycles. The minimum atomic E-state index is 0.200. The van der Waals surface area contributed by atoms with Crippen molar-refractivity contribution in [2.24, 2.45) is 5.92 Å². The molecule has 1 saturated heterocycles. The van der Waals surface area contributed by atoms with E-state index >= 15 is 0 Å². The zero-order valence-corrected chi connectivity index (χ0v) is 9.45. The van der Waals surface area contributed by atoms with Gasteiger partial charge in [-0.25, -0.2) is 0 Å². The summed E-state index contributed by atoms with van der Waals surface area (Å²) in [4.78, 5) is 12.6. The van der Waals surface area contributed by atoms with E-state index in [4.69, 9.17) is 0 Å². The van der Waals surface area contributed by atoms with Crippen molar-refractivity contribution in [2.45, 2.75) is 12.8 Å². The first-order valence-corrected chi connectivity index (χ1v) is 5.88. The Bertz CT molecular complexity index is 323. The first kappa shape index (κ1) is 9.21. The molecule has 1 aromatic rings. The molecule has 0 spiro atoms. The van der Waals surface area contributed by atoms with Gasteiger partial charge in [-0.3, -0.25) is 4.79 Å². The van der Waals surface area contributed by atoms with Crippen LogP contribution in [0.3, 0.4) is 0 Å². The topological polar surface area (TPSA) is 29.1 Å². The van der Waals surface area contributed by atoms with Crippen molar-refractivity contribution < 1.29 is 4.79 Å². The van der Waals surface area contributed by atoms with Gasteiger partial charge in [0.25, 0.3) is 0 Å². The Balaban J connectivity index is 2.01. The highest BCUT2D eigenvalue weighted by Gasteiger charge is 2.24. The monoisotopic (exact) mass is 259 g/mol. The number of rotatable bonds is 2. The van der Waals surface area contributed by atoms with E-state index in [2.05, 4.69) is 27.3 Å². The van der Waals surface area contributed by atoms with Crippen molar-refractivity contribution in [2.75, 3.05) is 6.54 Å². The van der Waals surface area contributed by atoms with Crippen LogP contribution in [0, 0.1) is 5.92 Å². The second-order valence-electron chi connectivity index (χ2n) is 3.19. The van der Waals surface area contributed by atoms with Crippen LogP contribution in [-0.4, -0.2) is 12.5 Å². The summed E-state index contributed by atoms with van der Waals surface area (Å²) in [5, 5.41) is 2.85. The van der Waals surface area contributed by atoms with Crippen LogP contribution in [-0.2, 0) is 11.2 Å². The molecule has 1 fully saturated rings. The number of hydrogen-bond donors (Lipinski definition) is 1. The second kappa shape index (κ2) is 3.80. The van der Waals surface area contributed by atoms with Crippen LogP contribution in [0.4, 0.5) is 0 Å². The smallest absolute Gasteiger partial charge is 0.223 e. The molecule has 13 heavy (non-hydrogen) atoms. The van der Waals surface area contributed by atoms with Gasteiger partial charge in [-0.2, -0.15) is 0 Å². The Morgan fingerprint density at radius 3 is 3.00 bits per heavy atom. The molecule has 2 nitrogen and oxygen atoms in total. The van der Waals surface area contributed by atoms with Gasteiger partial charge in [-0.05, 0) is 40.9 Å². The Morgan fingerprint density at radius 2 is 2.46 bits per heavy atom. The Kier molecular flexibility index (Phi) is 2.69. The number of halogens is 1. The third kappa shape index (κ3) is 2.11. The van der Waals surface area contributed by atoms with Crippen molar-refractivity contribution in [3.8, 4) is 0 Å². The molecule has 1 atom stereocenters. The summed E-state index contributed by atoms with van der Waals surface area (Å²) in [6.45, 7) is 0.843. The van der Waals surface area contributed by atoms with Crippen molar-refractivity contribution in [3.63, 3.8) is 0 Å². The molecule has 0 radical (unpaired) electrons. The largest absolute Gasteiger partial charge is 0.356 e. The molecule has 2 rings (SSSR count). The summed E-state index contributed by atoms with van der Waals surface area (Å²) in [6, 6.07) is 4.12. The quantitative estimate of drug-likeness (QED) is 0.867. The van der Waals surface area contributed by atoms with E-state index in [9.17, 15) is 4.79 Å². The number of thiophene rings is 1. The highest BCUT2D eigenvalue weighted by molar-refractivity contribution is 9.11. The van der Waals surface area contributed by atoms with Crippen LogP contribution in [0.25, 0.3) is 0 Å². The van der Waals surface area contributed by atoms with Gasteiger partial charge >= 0.3 is 0 Å². The summed E-state index contributed by atoms with van der Waals surface area (Å²) in [5.74, 6) is 0.412. The van der Waals surface area contributed by atoms with E-state index < -0.39 is 0 Å². The fraction of sp³-hybridized carbons (Fsp3) is 0.444. The molecule has 1 aliphatic heterocycles. The van der Waals surface area contributed by atoms with Gasteiger partial charge in [-0.1, -0.05) is 0 Å². The molecular weight excluding hydrogens is 250 g/mol. The van der Waals surface area contributed by atoms with E-state index in [1.165, 1.54) is 4.88 Å². The second-order valence-corrected chi connectivity index (χ2v) is 5.73. The average Bonchev–Trinajstić information content (AvgIpc) is 2.64. The van der Waals surface area contributed by atoms with Crippen molar-refractivity contribution >= 4 is 33.2 Å². The van der Waals surface area contributed by atoms with E-state index in [1.807, 2.05) is 6.07 Å². The lowest BCUT2D eigenvalue weighted by molar-refractivity contribution is -0.122. The van der Waals surface area contributed by atoms with Crippen LogP contribution in [0.15, 0.2) is 15.9 Å². The van der Waals surface area contributed by atoms with Gasteiger partial charge in [0.05, 0.1) is 3.79 Å². The van der Waals surface area contributed by atoms with E-state index in [1.54, 1.807) is 11.3 Å². The predicted octanol–water partition coefficient (Wildman–Crippen LogP) is 2.19. The number of carbonyl (C=O) groups is 1. The van der Waals surface area contributed by atoms with Gasteiger partial charge in [0.15, 0.2) is 0 Å². The molecule has 0 saturated carbocycles. The first-order chi connectivity index (χ1) is 6.25. The molecule has 0 bridgehead atoms. The fourth-order valence-corrected chi connectivity index (χ4v) is 3.11. The Labute approximate surface area is 89.5 Å². The number of amides is 1. The van der Waals surface area contributed by atoms with E-state index in [0.29, 0.717) is 0 Å². The Hall–Kier alpha value is -0.350. The first-order valence-electron chi connectivity index (χ1n) is 4.27. The Morgan fingerprint density at radius 1 is 1.62 bits per heavy atom. The molecule has 1 unspecified atom stereocenters. The average molecular weight is 260 g/mol. The van der Waals surface area contributed by atoms with E-state index in [-0.39, 0.29) is 11.8 Å². The predicted molar refractivity (Wildman–Crippen MR) is 56.8 cm³/mol. The number of carbonyl (C=O) groups excluding carboxylic acids is 1. The normalized spacial score (nSPS) is 21.9. The third-order valence-corrected chi connectivity index (χ3v) is 3.89. The molecule has 1 amide bonds. The minimum absolute atomic E-state index is 0.200. The fourth-order valence-electron chi connectivity index (χ4n) is 1.54. The summed E-state index contributed by atoms with van der Waals surface area (Å²) in [5.41, 5.74) is 0. The summed E-state index contributed by atoms with van der Waals surface area (Å²) >= 11 is 5.13. The standard InChI is InChI=1S/C9H10BrNOS/c10-8-2-1-7(13-8)5-6-3-4-11-9(6)12/h1-2,6H,3-5H2,(H,11,12). The zero-order chi connectivity index (χ0) is 9.26. The maximum absolute atomic E-state index is 11.3. The summed E-state index contributed by atoms with van der Waals surface area (Å²) < 4.78 is 1.14. The molecule has 2 heterocycles. The van der Waals surface area contributed by atoms with Gasteiger partial charge in [0, 0.05) is 17.3 Å². The van der Waals surface area contributed by atoms with Gasteiger partial charge in [0.1, 0.15) is 0 Å². The van der Waals surface area contributed by atoms with Crippen LogP contribution in [0.1, 0.15) is 11.3 Å². The van der Waals surface area contributed by atoms with Gasteiger partial charge in [-0.15, -0.1) is 11.3 Å². The van der Waals surface area contributed by atoms with Crippen molar-refractivity contribution in [1.29, 1.82) is 0 Å². The summed E-state index contributed by atoms with van der Waals surface area (Å²) in [6.07, 6.45) is 1.87. The molecule has 1 aliphatic rings. The molecular formula is C9H10BrNOS. The lowest BCUT2D eigenvalue weighted by Crippen LogP contribution is -2.20. The maximum Gasteiger partial charge on any atom is 0.223 e. The van der Waals surface area contributed by atoms with E-state index in [0.717, 1.165) is 23.2 Å². The zero-order valence-electron chi connectivity index (χ0n) is 7.05. The molecule has 1 aromatic heterocycles. The summed E-state index contributed by atoms with van der Waals surface area (Å²) in [7, 11) is 0. The third-order valence-electron chi connectivity index (χ3n) is 2.24. The van der Waals surface area contributed by atoms with Gasteiger partial charge < -0.3 is 5.32 Å². The lowest BCUT2D eigenvalue weighted by atomic mass is 10.0. The number of nitrogens with one attached hydrogen (secondary N) is 1. The van der Waals surface area contributed by atoms with Crippen molar-refractivity contribution in [3.05, 3.63) is 20.8 Å². The molecule has 0 aromatic carbocycles. The number of hydrogen-bond acceptors (Lipinski definition) is 2.